The number of halogens is 1. The summed E-state index contributed by atoms with van der Waals surface area (Å²) < 4.78 is 2.39. The number of thioether (sulfide) groups is 1. The number of pyridine rings is 1. The molecule has 4 rings (SSSR count). The Bertz CT molecular complexity index is 1050. The van der Waals surface area contributed by atoms with E-state index in [0.717, 1.165) is 15.4 Å². The van der Waals surface area contributed by atoms with Crippen LogP contribution in [0.2, 0.25) is 0 Å². The van der Waals surface area contributed by atoms with E-state index in [0.29, 0.717) is 16.8 Å². The van der Waals surface area contributed by atoms with Crippen LogP contribution >= 0.6 is 27.7 Å². The maximum atomic E-state index is 13.3. The highest BCUT2D eigenvalue weighted by Gasteiger charge is 2.33. The van der Waals surface area contributed by atoms with Gasteiger partial charge in [0.2, 0.25) is 0 Å². The van der Waals surface area contributed by atoms with Gasteiger partial charge in [-0.3, -0.25) is 19.7 Å². The highest BCUT2D eigenvalue weighted by molar-refractivity contribution is 9.10. The second-order valence-electron chi connectivity index (χ2n) is 6.83. The maximum absolute atomic E-state index is 13.3. The summed E-state index contributed by atoms with van der Waals surface area (Å²) in [5.41, 5.74) is 2.32. The number of carbonyl (C=O) groups excluding carboxylic acids is 2. The summed E-state index contributed by atoms with van der Waals surface area (Å²) in [5, 5.41) is 4.22. The zero-order valence-corrected chi connectivity index (χ0v) is 17.8. The number of fused-ring (bicyclic) bond motifs is 1. The number of carbonyl (C=O) groups is 2. The van der Waals surface area contributed by atoms with Crippen molar-refractivity contribution in [2.45, 2.75) is 11.4 Å². The van der Waals surface area contributed by atoms with E-state index in [4.69, 9.17) is 0 Å². The molecule has 1 amide bonds. The summed E-state index contributed by atoms with van der Waals surface area (Å²) in [6.07, 6.45) is 5.21. The molecule has 0 spiro atoms. The van der Waals surface area contributed by atoms with Crippen molar-refractivity contribution in [3.05, 3.63) is 64.5 Å². The van der Waals surface area contributed by atoms with E-state index in [2.05, 4.69) is 26.2 Å². The zero-order valence-electron chi connectivity index (χ0n) is 15.4. The summed E-state index contributed by atoms with van der Waals surface area (Å²) in [7, 11) is 3.39. The quantitative estimate of drug-likeness (QED) is 0.602. The van der Waals surface area contributed by atoms with Gasteiger partial charge in [-0.2, -0.15) is 0 Å². The number of nitrogens with zero attached hydrogens (tertiary/aromatic N) is 3. The Morgan fingerprint density at radius 2 is 2.14 bits per heavy atom. The third kappa shape index (κ3) is 3.47. The third-order valence-corrected chi connectivity index (χ3v) is 6.47. The molecule has 1 aliphatic rings. The van der Waals surface area contributed by atoms with Crippen molar-refractivity contribution in [3.63, 3.8) is 0 Å². The van der Waals surface area contributed by atoms with Gasteiger partial charge in [-0.05, 0) is 23.8 Å². The molecule has 1 fully saturated rings. The number of hydrogen-bond acceptors (Lipinski definition) is 5. The molecule has 0 radical (unpaired) electrons. The highest BCUT2D eigenvalue weighted by atomic mass is 79.9. The third-order valence-electron chi connectivity index (χ3n) is 4.71. The molecule has 6 nitrogen and oxygen atoms in total. The van der Waals surface area contributed by atoms with E-state index in [1.54, 1.807) is 38.3 Å². The molecule has 28 heavy (non-hydrogen) atoms. The molecule has 8 heteroatoms. The molecule has 1 unspecified atom stereocenters. The minimum atomic E-state index is -0.313. The zero-order chi connectivity index (χ0) is 19.8. The van der Waals surface area contributed by atoms with Gasteiger partial charge >= 0.3 is 6.03 Å². The Balaban J connectivity index is 1.67. The molecule has 1 saturated heterocycles. The number of ketones is 1. The molecule has 1 aliphatic heterocycles. The van der Waals surface area contributed by atoms with Gasteiger partial charge in [-0.15, -0.1) is 11.8 Å². The van der Waals surface area contributed by atoms with Crippen LogP contribution in [-0.2, 0) is 0 Å². The number of rotatable bonds is 3. The Morgan fingerprint density at radius 3 is 2.86 bits per heavy atom. The number of amides is 1. The van der Waals surface area contributed by atoms with E-state index in [9.17, 15) is 9.59 Å². The number of hydrogen-bond donors (Lipinski definition) is 1. The maximum Gasteiger partial charge on any atom is 0.328 e. The van der Waals surface area contributed by atoms with Gasteiger partial charge in [0.05, 0.1) is 16.9 Å². The van der Waals surface area contributed by atoms with Crippen molar-refractivity contribution in [3.8, 4) is 0 Å². The number of Topliss-reactive ketones (excluding diaryl/α,β-unsaturated/α-hetero) is 1. The molecule has 2 aromatic heterocycles. The first-order valence-corrected chi connectivity index (χ1v) is 10.6. The summed E-state index contributed by atoms with van der Waals surface area (Å²) in [6.45, 7) is 0. The van der Waals surface area contributed by atoms with Gasteiger partial charge < -0.3 is 4.90 Å². The lowest BCUT2D eigenvalue weighted by molar-refractivity contribution is 0.0957. The normalized spacial score (nSPS) is 19.1. The van der Waals surface area contributed by atoms with Gasteiger partial charge in [0.1, 0.15) is 0 Å². The van der Waals surface area contributed by atoms with Crippen LogP contribution < -0.4 is 5.32 Å². The Kier molecular flexibility index (Phi) is 5.27. The minimum absolute atomic E-state index is 0.00322. The molecule has 1 aromatic carbocycles. The van der Waals surface area contributed by atoms with Crippen LogP contribution in [0.1, 0.15) is 21.3 Å². The largest absolute Gasteiger partial charge is 0.330 e. The number of benzene rings is 1. The lowest BCUT2D eigenvalue weighted by Gasteiger charge is -2.12. The van der Waals surface area contributed by atoms with E-state index in [-0.39, 0.29) is 23.2 Å². The molecule has 1 N–H and O–H groups in total. The molecule has 3 aromatic rings. The molecule has 0 saturated carbocycles. The molecule has 3 heterocycles. The number of aromatic nitrogens is 2. The first kappa shape index (κ1) is 19.2. The summed E-state index contributed by atoms with van der Waals surface area (Å²) in [4.78, 5) is 31.5. The van der Waals surface area contributed by atoms with Crippen molar-refractivity contribution in [2.24, 2.45) is 0 Å². The predicted molar refractivity (Wildman–Crippen MR) is 115 cm³/mol. The molecular formula is C20H19BrN4O2S. The van der Waals surface area contributed by atoms with E-state index in [1.807, 2.05) is 36.5 Å². The van der Waals surface area contributed by atoms with Crippen molar-refractivity contribution in [1.29, 1.82) is 0 Å². The molecular weight excluding hydrogens is 440 g/mol. The second-order valence-corrected chi connectivity index (χ2v) is 8.89. The van der Waals surface area contributed by atoms with Crippen LogP contribution in [0.5, 0.6) is 0 Å². The van der Waals surface area contributed by atoms with Crippen molar-refractivity contribution < 1.29 is 9.59 Å². The van der Waals surface area contributed by atoms with Crippen molar-refractivity contribution in [1.82, 2.24) is 19.8 Å². The Labute approximate surface area is 175 Å². The van der Waals surface area contributed by atoms with Gasteiger partial charge in [-0.25, -0.2) is 4.79 Å². The van der Waals surface area contributed by atoms with Crippen LogP contribution in [0.3, 0.4) is 0 Å². The standard InChI is InChI=1S/C20H19BrN4O2S/c1-24(2)20(27)25-10-15(14-6-5-13(21)8-17(14)25)18(26)16-11-28-19(23-16)12-4-3-7-22-9-12/h3-10,16,19,23H,11H2,1-2H3/t16-,19?/m0/s1. The van der Waals surface area contributed by atoms with Gasteiger partial charge in [0.25, 0.3) is 0 Å². The fraction of sp³-hybridized carbons (Fsp3) is 0.250. The summed E-state index contributed by atoms with van der Waals surface area (Å²) >= 11 is 5.15. The summed E-state index contributed by atoms with van der Waals surface area (Å²) in [6, 6.07) is 9.03. The van der Waals surface area contributed by atoms with Crippen LogP contribution in [0.15, 0.2) is 53.4 Å². The Hall–Kier alpha value is -2.16. The van der Waals surface area contributed by atoms with Crippen LogP contribution in [0.4, 0.5) is 4.79 Å². The Morgan fingerprint density at radius 1 is 1.32 bits per heavy atom. The van der Waals surface area contributed by atoms with Crippen LogP contribution in [-0.4, -0.2) is 52.2 Å². The highest BCUT2D eigenvalue weighted by Crippen LogP contribution is 2.34. The van der Waals surface area contributed by atoms with Gasteiger partial charge in [0, 0.05) is 53.9 Å². The topological polar surface area (TPSA) is 67.2 Å². The second kappa shape index (κ2) is 7.69. The van der Waals surface area contributed by atoms with Crippen molar-refractivity contribution >= 4 is 50.4 Å². The lowest BCUT2D eigenvalue weighted by atomic mass is 10.0. The minimum Gasteiger partial charge on any atom is -0.330 e. The number of nitrogens with one attached hydrogen (secondary N) is 1. The average Bonchev–Trinajstić information content (AvgIpc) is 3.32. The van der Waals surface area contributed by atoms with Crippen LogP contribution in [0, 0.1) is 0 Å². The van der Waals surface area contributed by atoms with Gasteiger partial charge in [-0.1, -0.05) is 28.1 Å². The fourth-order valence-corrected chi connectivity index (χ4v) is 4.88. The molecule has 0 aliphatic carbocycles. The molecule has 2 atom stereocenters. The van der Waals surface area contributed by atoms with Crippen LogP contribution in [0.25, 0.3) is 10.9 Å². The van der Waals surface area contributed by atoms with E-state index in [1.165, 1.54) is 9.47 Å². The first-order valence-electron chi connectivity index (χ1n) is 8.80. The SMILES string of the molecule is CN(C)C(=O)n1cc(C(=O)[C@@H]2CSC(c3cccnc3)N2)c2ccc(Br)cc21. The average molecular weight is 459 g/mol. The lowest BCUT2D eigenvalue weighted by Crippen LogP contribution is -2.34. The van der Waals surface area contributed by atoms with E-state index >= 15 is 0 Å². The first-order chi connectivity index (χ1) is 13.5. The molecule has 144 valence electrons. The predicted octanol–water partition coefficient (Wildman–Crippen LogP) is 3.92. The summed E-state index contributed by atoms with van der Waals surface area (Å²) in [5.74, 6) is 0.667. The monoisotopic (exact) mass is 458 g/mol. The van der Waals surface area contributed by atoms with Gasteiger partial charge in [0.15, 0.2) is 5.78 Å². The van der Waals surface area contributed by atoms with E-state index < -0.39 is 0 Å². The molecule has 0 bridgehead atoms. The van der Waals surface area contributed by atoms with Crippen molar-refractivity contribution in [2.75, 3.05) is 19.8 Å². The fourth-order valence-electron chi connectivity index (χ4n) is 3.30. The smallest absolute Gasteiger partial charge is 0.328 e.